The van der Waals surface area contributed by atoms with E-state index in [1.807, 2.05) is 58.0 Å². The molecule has 4 heteroatoms. The van der Waals surface area contributed by atoms with Crippen LogP contribution in [0.1, 0.15) is 58.8 Å². The third-order valence-electron chi connectivity index (χ3n) is 3.97. The number of furan rings is 1. The Morgan fingerprint density at radius 3 is 2.39 bits per heavy atom. The molecule has 23 heavy (non-hydrogen) atoms. The van der Waals surface area contributed by atoms with Gasteiger partial charge in [0.2, 0.25) is 5.91 Å². The molecule has 1 aromatic heterocycles. The molecule has 122 valence electrons. The minimum Gasteiger partial charge on any atom is -0.464 e. The second-order valence-corrected chi connectivity index (χ2v) is 5.96. The number of aryl methyl sites for hydroxylation is 3. The van der Waals surface area contributed by atoms with Crippen LogP contribution in [0.3, 0.4) is 0 Å². The maximum absolute atomic E-state index is 12.2. The number of carbonyl (C=O) groups excluding carboxylic acids is 2. The maximum Gasteiger partial charge on any atom is 0.221 e. The van der Waals surface area contributed by atoms with Gasteiger partial charge in [0.15, 0.2) is 5.78 Å². The van der Waals surface area contributed by atoms with Crippen molar-refractivity contribution in [2.24, 2.45) is 0 Å². The first-order chi connectivity index (χ1) is 10.9. The smallest absolute Gasteiger partial charge is 0.221 e. The fourth-order valence-electron chi connectivity index (χ4n) is 2.36. The van der Waals surface area contributed by atoms with Crippen LogP contribution >= 0.6 is 0 Å². The molecule has 1 N–H and O–H groups in total. The quantitative estimate of drug-likeness (QED) is 0.819. The van der Waals surface area contributed by atoms with Crippen LogP contribution in [0.2, 0.25) is 0 Å². The van der Waals surface area contributed by atoms with E-state index >= 15 is 0 Å². The van der Waals surface area contributed by atoms with Gasteiger partial charge >= 0.3 is 0 Å². The normalized spacial score (nSPS) is 12.0. The van der Waals surface area contributed by atoms with E-state index in [4.69, 9.17) is 4.42 Å². The molecule has 0 bridgehead atoms. The van der Waals surface area contributed by atoms with Gasteiger partial charge in [-0.3, -0.25) is 9.59 Å². The minimum atomic E-state index is -0.201. The van der Waals surface area contributed by atoms with Gasteiger partial charge in [0.1, 0.15) is 11.5 Å². The Balaban J connectivity index is 1.86. The molecule has 0 aliphatic rings. The number of ketones is 1. The Hall–Kier alpha value is -2.36. The summed E-state index contributed by atoms with van der Waals surface area (Å²) in [5, 5.41) is 2.85. The highest BCUT2D eigenvalue weighted by molar-refractivity contribution is 5.98. The van der Waals surface area contributed by atoms with E-state index in [2.05, 4.69) is 5.32 Å². The van der Waals surface area contributed by atoms with Crippen LogP contribution in [-0.2, 0) is 4.79 Å². The molecule has 2 aromatic rings. The molecule has 4 nitrogen and oxygen atoms in total. The molecule has 0 radical (unpaired) electrons. The molecule has 1 heterocycles. The van der Waals surface area contributed by atoms with E-state index in [1.165, 1.54) is 0 Å². The van der Waals surface area contributed by atoms with Gasteiger partial charge in [-0.25, -0.2) is 0 Å². The zero-order valence-corrected chi connectivity index (χ0v) is 14.1. The van der Waals surface area contributed by atoms with Crippen molar-refractivity contribution in [2.45, 2.75) is 46.6 Å². The summed E-state index contributed by atoms with van der Waals surface area (Å²) in [4.78, 5) is 24.2. The molecular weight excluding hydrogens is 290 g/mol. The molecule has 0 aliphatic heterocycles. The van der Waals surface area contributed by atoms with Crippen molar-refractivity contribution in [1.82, 2.24) is 5.32 Å². The van der Waals surface area contributed by atoms with Crippen molar-refractivity contribution in [1.29, 1.82) is 0 Å². The van der Waals surface area contributed by atoms with Crippen LogP contribution in [-0.4, -0.2) is 11.7 Å². The Labute approximate surface area is 136 Å². The summed E-state index contributed by atoms with van der Waals surface area (Å²) in [6.07, 6.45) is 0.383. The highest BCUT2D eigenvalue weighted by atomic mass is 16.3. The summed E-state index contributed by atoms with van der Waals surface area (Å²) in [6.45, 7) is 7.71. The molecule has 0 saturated heterocycles. The zero-order chi connectivity index (χ0) is 17.0. The second kappa shape index (κ2) is 7.27. The number of rotatable bonds is 6. The molecular formula is C19H23NO3. The van der Waals surface area contributed by atoms with Crippen molar-refractivity contribution in [2.75, 3.05) is 0 Å². The lowest BCUT2D eigenvalue weighted by atomic mass is 10.0. The van der Waals surface area contributed by atoms with Crippen LogP contribution in [0.15, 0.2) is 34.7 Å². The standard InChI is InChI=1S/C19H23NO3/c1-12-5-7-16(11-13(12)2)17(21)8-10-19(22)20-15(4)18-9-6-14(3)23-18/h5-7,9,11,15H,8,10H2,1-4H3,(H,20,22). The van der Waals surface area contributed by atoms with E-state index in [0.29, 0.717) is 5.56 Å². The summed E-state index contributed by atoms with van der Waals surface area (Å²) >= 11 is 0. The number of amides is 1. The fourth-order valence-corrected chi connectivity index (χ4v) is 2.36. The van der Waals surface area contributed by atoms with Gasteiger partial charge in [-0.05, 0) is 57.0 Å². The lowest BCUT2D eigenvalue weighted by Crippen LogP contribution is -2.26. The van der Waals surface area contributed by atoms with Crippen molar-refractivity contribution >= 4 is 11.7 Å². The third kappa shape index (κ3) is 4.55. The third-order valence-corrected chi connectivity index (χ3v) is 3.97. The first-order valence-corrected chi connectivity index (χ1v) is 7.83. The van der Waals surface area contributed by atoms with E-state index in [9.17, 15) is 9.59 Å². The van der Waals surface area contributed by atoms with Crippen LogP contribution < -0.4 is 5.32 Å². The molecule has 0 aliphatic carbocycles. The first-order valence-electron chi connectivity index (χ1n) is 7.83. The number of Topliss-reactive ketones (excluding diaryl/α,β-unsaturated/α-hetero) is 1. The summed E-state index contributed by atoms with van der Waals surface area (Å²) in [6, 6.07) is 9.14. The minimum absolute atomic E-state index is 0.00949. The maximum atomic E-state index is 12.2. The Morgan fingerprint density at radius 2 is 1.78 bits per heavy atom. The monoisotopic (exact) mass is 313 g/mol. The predicted octanol–water partition coefficient (Wildman–Crippen LogP) is 4.05. The van der Waals surface area contributed by atoms with Gasteiger partial charge in [0, 0.05) is 18.4 Å². The van der Waals surface area contributed by atoms with E-state index in [0.717, 1.165) is 22.6 Å². The summed E-state index contributed by atoms with van der Waals surface area (Å²) in [7, 11) is 0. The van der Waals surface area contributed by atoms with Crippen LogP contribution in [0.4, 0.5) is 0 Å². The SMILES string of the molecule is Cc1ccc(C(C)NC(=O)CCC(=O)c2ccc(C)c(C)c2)o1. The largest absolute Gasteiger partial charge is 0.464 e. The van der Waals surface area contributed by atoms with Crippen LogP contribution in [0.25, 0.3) is 0 Å². The van der Waals surface area contributed by atoms with Gasteiger partial charge in [-0.2, -0.15) is 0 Å². The number of carbonyl (C=O) groups is 2. The lowest BCUT2D eigenvalue weighted by Gasteiger charge is -2.11. The van der Waals surface area contributed by atoms with Gasteiger partial charge < -0.3 is 9.73 Å². The molecule has 0 fully saturated rings. The molecule has 1 unspecified atom stereocenters. The number of nitrogens with one attached hydrogen (secondary N) is 1. The summed E-state index contributed by atoms with van der Waals surface area (Å²) < 4.78 is 5.48. The second-order valence-electron chi connectivity index (χ2n) is 5.96. The van der Waals surface area contributed by atoms with Crippen LogP contribution in [0, 0.1) is 20.8 Å². The number of hydrogen-bond donors (Lipinski definition) is 1. The Bertz CT molecular complexity index is 715. The zero-order valence-electron chi connectivity index (χ0n) is 14.1. The average Bonchev–Trinajstić information content (AvgIpc) is 2.94. The van der Waals surface area contributed by atoms with Gasteiger partial charge in [0.25, 0.3) is 0 Å². The number of hydrogen-bond acceptors (Lipinski definition) is 3. The highest BCUT2D eigenvalue weighted by Gasteiger charge is 2.14. The van der Waals surface area contributed by atoms with Crippen molar-refractivity contribution in [3.8, 4) is 0 Å². The topological polar surface area (TPSA) is 59.3 Å². The van der Waals surface area contributed by atoms with Gasteiger partial charge in [0.05, 0.1) is 6.04 Å². The predicted molar refractivity (Wildman–Crippen MR) is 89.5 cm³/mol. The van der Waals surface area contributed by atoms with Crippen molar-refractivity contribution in [3.63, 3.8) is 0 Å². The van der Waals surface area contributed by atoms with Crippen molar-refractivity contribution in [3.05, 3.63) is 58.5 Å². The fraction of sp³-hybridized carbons (Fsp3) is 0.368. The molecule has 0 saturated carbocycles. The Kier molecular flexibility index (Phi) is 5.37. The Morgan fingerprint density at radius 1 is 1.04 bits per heavy atom. The lowest BCUT2D eigenvalue weighted by molar-refractivity contribution is -0.121. The van der Waals surface area contributed by atoms with E-state index in [-0.39, 0.29) is 30.6 Å². The van der Waals surface area contributed by atoms with Crippen molar-refractivity contribution < 1.29 is 14.0 Å². The van der Waals surface area contributed by atoms with Gasteiger partial charge in [-0.15, -0.1) is 0 Å². The molecule has 1 amide bonds. The van der Waals surface area contributed by atoms with E-state index in [1.54, 1.807) is 0 Å². The molecule has 2 rings (SSSR count). The van der Waals surface area contributed by atoms with Crippen LogP contribution in [0.5, 0.6) is 0 Å². The number of benzene rings is 1. The molecule has 0 spiro atoms. The van der Waals surface area contributed by atoms with E-state index < -0.39 is 0 Å². The first kappa shape index (κ1) is 17.0. The molecule has 1 aromatic carbocycles. The molecule has 1 atom stereocenters. The highest BCUT2D eigenvalue weighted by Crippen LogP contribution is 2.16. The van der Waals surface area contributed by atoms with Gasteiger partial charge in [-0.1, -0.05) is 12.1 Å². The summed E-state index contributed by atoms with van der Waals surface area (Å²) in [5.74, 6) is 1.37. The summed E-state index contributed by atoms with van der Waals surface area (Å²) in [5.41, 5.74) is 2.90. The average molecular weight is 313 g/mol.